The molecule has 0 radical (unpaired) electrons. The highest BCUT2D eigenvalue weighted by atomic mass is 16.6. The van der Waals surface area contributed by atoms with Crippen LogP contribution in [0.3, 0.4) is 0 Å². The second-order valence-electron chi connectivity index (χ2n) is 3.87. The summed E-state index contributed by atoms with van der Waals surface area (Å²) in [7, 11) is 0. The highest BCUT2D eigenvalue weighted by molar-refractivity contribution is 5.77. The molecule has 1 saturated heterocycles. The molecule has 3 nitrogen and oxygen atoms in total. The SMILES string of the molecule is CCOC(=O)[C@H]1O[C@@H]1CCc1ccccc1. The summed E-state index contributed by atoms with van der Waals surface area (Å²) >= 11 is 0. The van der Waals surface area contributed by atoms with Crippen molar-refractivity contribution in [3.05, 3.63) is 35.9 Å². The first-order chi connectivity index (χ1) is 7.81. The molecule has 1 heterocycles. The van der Waals surface area contributed by atoms with E-state index in [4.69, 9.17) is 9.47 Å². The lowest BCUT2D eigenvalue weighted by atomic mass is 10.1. The summed E-state index contributed by atoms with van der Waals surface area (Å²) in [6, 6.07) is 10.2. The van der Waals surface area contributed by atoms with Crippen molar-refractivity contribution in [2.45, 2.75) is 32.0 Å². The van der Waals surface area contributed by atoms with Gasteiger partial charge in [-0.2, -0.15) is 0 Å². The predicted octanol–water partition coefficient (Wildman–Crippen LogP) is 1.95. The van der Waals surface area contributed by atoms with Crippen LogP contribution in [0.1, 0.15) is 18.9 Å². The summed E-state index contributed by atoms with van der Waals surface area (Å²) in [5.74, 6) is -0.222. The number of hydrogen-bond acceptors (Lipinski definition) is 3. The third-order valence-corrected chi connectivity index (χ3v) is 2.66. The van der Waals surface area contributed by atoms with Gasteiger partial charge in [-0.1, -0.05) is 30.3 Å². The number of benzene rings is 1. The third-order valence-electron chi connectivity index (χ3n) is 2.66. The maximum absolute atomic E-state index is 11.3. The fourth-order valence-electron chi connectivity index (χ4n) is 1.75. The van der Waals surface area contributed by atoms with Crippen molar-refractivity contribution in [3.63, 3.8) is 0 Å². The Labute approximate surface area is 95.4 Å². The van der Waals surface area contributed by atoms with E-state index in [1.807, 2.05) is 18.2 Å². The van der Waals surface area contributed by atoms with Crippen molar-refractivity contribution in [3.8, 4) is 0 Å². The van der Waals surface area contributed by atoms with Gasteiger partial charge in [0.25, 0.3) is 0 Å². The van der Waals surface area contributed by atoms with Crippen LogP contribution >= 0.6 is 0 Å². The Hall–Kier alpha value is -1.35. The fraction of sp³-hybridized carbons (Fsp3) is 0.462. The molecule has 0 aromatic heterocycles. The molecular weight excluding hydrogens is 204 g/mol. The zero-order valence-corrected chi connectivity index (χ0v) is 9.39. The lowest BCUT2D eigenvalue weighted by Crippen LogP contribution is -2.14. The molecule has 0 N–H and O–H groups in total. The van der Waals surface area contributed by atoms with Gasteiger partial charge in [0, 0.05) is 0 Å². The van der Waals surface area contributed by atoms with Crippen LogP contribution in [0.15, 0.2) is 30.3 Å². The molecule has 1 fully saturated rings. The number of epoxide rings is 1. The molecule has 86 valence electrons. The lowest BCUT2D eigenvalue weighted by molar-refractivity contribution is -0.144. The van der Waals surface area contributed by atoms with Crippen LogP contribution in [0.4, 0.5) is 0 Å². The molecule has 3 heteroatoms. The molecule has 1 aromatic carbocycles. The van der Waals surface area contributed by atoms with E-state index in [1.165, 1.54) is 5.56 Å². The van der Waals surface area contributed by atoms with E-state index in [2.05, 4.69) is 12.1 Å². The van der Waals surface area contributed by atoms with E-state index in [9.17, 15) is 4.79 Å². The van der Waals surface area contributed by atoms with Crippen LogP contribution < -0.4 is 0 Å². The Morgan fingerprint density at radius 2 is 2.12 bits per heavy atom. The maximum atomic E-state index is 11.3. The molecule has 1 aliphatic rings. The lowest BCUT2D eigenvalue weighted by Gasteiger charge is -1.98. The van der Waals surface area contributed by atoms with Gasteiger partial charge in [-0.3, -0.25) is 0 Å². The molecule has 0 spiro atoms. The molecule has 16 heavy (non-hydrogen) atoms. The summed E-state index contributed by atoms with van der Waals surface area (Å²) in [5, 5.41) is 0. The van der Waals surface area contributed by atoms with Crippen molar-refractivity contribution in [1.29, 1.82) is 0 Å². The van der Waals surface area contributed by atoms with Gasteiger partial charge >= 0.3 is 5.97 Å². The summed E-state index contributed by atoms with van der Waals surface area (Å²) < 4.78 is 10.2. The normalized spacial score (nSPS) is 22.8. The third kappa shape index (κ3) is 2.83. The van der Waals surface area contributed by atoms with Crippen molar-refractivity contribution >= 4 is 5.97 Å². The van der Waals surface area contributed by atoms with Gasteiger partial charge < -0.3 is 9.47 Å². The highest BCUT2D eigenvalue weighted by Crippen LogP contribution is 2.27. The van der Waals surface area contributed by atoms with Crippen molar-refractivity contribution in [1.82, 2.24) is 0 Å². The number of esters is 1. The first-order valence-corrected chi connectivity index (χ1v) is 5.67. The van der Waals surface area contributed by atoms with E-state index < -0.39 is 0 Å². The Balaban J connectivity index is 1.72. The molecular formula is C13H16O3. The average molecular weight is 220 g/mol. The zero-order valence-electron chi connectivity index (χ0n) is 9.39. The van der Waals surface area contributed by atoms with Gasteiger partial charge in [0.15, 0.2) is 6.10 Å². The number of hydrogen-bond donors (Lipinski definition) is 0. The summed E-state index contributed by atoms with van der Waals surface area (Å²) in [5.41, 5.74) is 1.28. The first kappa shape index (κ1) is 11.1. The number of carbonyl (C=O) groups is 1. The number of carbonyl (C=O) groups excluding carboxylic acids is 1. The molecule has 1 aromatic rings. The second kappa shape index (κ2) is 5.12. The van der Waals surface area contributed by atoms with Crippen molar-refractivity contribution < 1.29 is 14.3 Å². The van der Waals surface area contributed by atoms with Crippen LogP contribution in [0.5, 0.6) is 0 Å². The van der Waals surface area contributed by atoms with Gasteiger partial charge in [-0.15, -0.1) is 0 Å². The quantitative estimate of drug-likeness (QED) is 0.562. The van der Waals surface area contributed by atoms with Gasteiger partial charge in [-0.25, -0.2) is 4.79 Å². The Morgan fingerprint density at radius 3 is 2.81 bits per heavy atom. The Kier molecular flexibility index (Phi) is 3.57. The molecule has 0 amide bonds. The molecule has 0 unspecified atom stereocenters. The van der Waals surface area contributed by atoms with E-state index in [0.29, 0.717) is 6.61 Å². The van der Waals surface area contributed by atoms with Gasteiger partial charge in [-0.05, 0) is 25.3 Å². The maximum Gasteiger partial charge on any atom is 0.337 e. The Bertz CT molecular complexity index is 347. The largest absolute Gasteiger partial charge is 0.464 e. The van der Waals surface area contributed by atoms with Crippen molar-refractivity contribution in [2.24, 2.45) is 0 Å². The fourth-order valence-corrected chi connectivity index (χ4v) is 1.75. The van der Waals surface area contributed by atoms with E-state index >= 15 is 0 Å². The molecule has 0 aliphatic carbocycles. The minimum Gasteiger partial charge on any atom is -0.464 e. The van der Waals surface area contributed by atoms with E-state index in [1.54, 1.807) is 6.92 Å². The molecule has 1 aliphatic heterocycles. The van der Waals surface area contributed by atoms with Crippen LogP contribution in [-0.4, -0.2) is 24.8 Å². The number of rotatable bonds is 5. The van der Waals surface area contributed by atoms with Crippen LogP contribution in [0, 0.1) is 0 Å². The molecule has 2 atom stereocenters. The number of ether oxygens (including phenoxy) is 2. The van der Waals surface area contributed by atoms with Crippen LogP contribution in [0.2, 0.25) is 0 Å². The second-order valence-corrected chi connectivity index (χ2v) is 3.87. The predicted molar refractivity (Wildman–Crippen MR) is 60.1 cm³/mol. The minimum absolute atomic E-state index is 0.0549. The topological polar surface area (TPSA) is 38.8 Å². The van der Waals surface area contributed by atoms with E-state index in [0.717, 1.165) is 12.8 Å². The van der Waals surface area contributed by atoms with Gasteiger partial charge in [0.2, 0.25) is 0 Å². The van der Waals surface area contributed by atoms with Crippen molar-refractivity contribution in [2.75, 3.05) is 6.61 Å². The van der Waals surface area contributed by atoms with Crippen LogP contribution in [0.25, 0.3) is 0 Å². The molecule has 0 saturated carbocycles. The van der Waals surface area contributed by atoms with Gasteiger partial charge in [0.1, 0.15) is 0 Å². The Morgan fingerprint density at radius 1 is 1.38 bits per heavy atom. The van der Waals surface area contributed by atoms with Gasteiger partial charge in [0.05, 0.1) is 12.7 Å². The standard InChI is InChI=1S/C13H16O3/c1-2-15-13(14)12-11(16-12)9-8-10-6-4-3-5-7-10/h3-7,11-12H,2,8-9H2,1H3/t11-,12+/m1/s1. The summed E-state index contributed by atoms with van der Waals surface area (Å²) in [6.07, 6.45) is 1.57. The van der Waals surface area contributed by atoms with E-state index in [-0.39, 0.29) is 18.2 Å². The summed E-state index contributed by atoms with van der Waals surface area (Å²) in [6.45, 7) is 2.23. The number of aryl methyl sites for hydroxylation is 1. The first-order valence-electron chi connectivity index (χ1n) is 5.67. The molecule has 0 bridgehead atoms. The highest BCUT2D eigenvalue weighted by Gasteiger charge is 2.45. The average Bonchev–Trinajstić information content (AvgIpc) is 3.08. The monoisotopic (exact) mass is 220 g/mol. The summed E-state index contributed by atoms with van der Waals surface area (Å²) in [4.78, 5) is 11.3. The molecule has 2 rings (SSSR count). The zero-order chi connectivity index (χ0) is 11.4. The minimum atomic E-state index is -0.316. The van der Waals surface area contributed by atoms with Crippen LogP contribution in [-0.2, 0) is 20.7 Å². The smallest absolute Gasteiger partial charge is 0.337 e.